The number of fused-ring (bicyclic) bond motifs is 4. The number of alkyl halides is 3. The summed E-state index contributed by atoms with van der Waals surface area (Å²) in [4.78, 5) is 18.8. The standard InChI is InChI=1S/C29H23F3N2O2/c30-29(31,32)21-5-3-4-18(16-21)8-11-26(35)34-14-12-23-22-6-1-2-7-24(22)33-27(23)28(34)20-9-10-25-19(17-20)13-15-36-25/h1-11,16-17,28,33H,12-15H2/b11-8+/t28-/m1/s1. The number of rotatable bonds is 3. The molecule has 2 aliphatic heterocycles. The van der Waals surface area contributed by atoms with E-state index in [1.54, 1.807) is 11.0 Å². The van der Waals surface area contributed by atoms with E-state index in [0.717, 1.165) is 52.0 Å². The minimum atomic E-state index is -4.44. The third-order valence-corrected chi connectivity index (χ3v) is 6.98. The van der Waals surface area contributed by atoms with Crippen LogP contribution in [0, 0.1) is 0 Å². The molecule has 0 fully saturated rings. The van der Waals surface area contributed by atoms with Crippen molar-refractivity contribution in [2.75, 3.05) is 13.2 Å². The van der Waals surface area contributed by atoms with Crippen LogP contribution < -0.4 is 4.74 Å². The summed E-state index contributed by atoms with van der Waals surface area (Å²) in [7, 11) is 0. The fraction of sp³-hybridized carbons (Fsp3) is 0.207. The predicted molar refractivity (Wildman–Crippen MR) is 132 cm³/mol. The SMILES string of the molecule is O=C(/C=C/c1cccc(C(F)(F)F)c1)N1CCc2c([nH]c3ccccc23)[C@H]1c1ccc2c(c1)CCO2. The van der Waals surface area contributed by atoms with E-state index in [1.165, 1.54) is 23.8 Å². The second-order valence-electron chi connectivity index (χ2n) is 9.17. The lowest BCUT2D eigenvalue weighted by Gasteiger charge is -2.36. The number of hydrogen-bond donors (Lipinski definition) is 1. The molecule has 0 spiro atoms. The van der Waals surface area contributed by atoms with Crippen molar-refractivity contribution in [1.82, 2.24) is 9.88 Å². The van der Waals surface area contributed by atoms with Crippen LogP contribution in [0.3, 0.4) is 0 Å². The third kappa shape index (κ3) is 3.94. The molecule has 182 valence electrons. The molecule has 36 heavy (non-hydrogen) atoms. The molecule has 1 amide bonds. The minimum absolute atomic E-state index is 0.251. The minimum Gasteiger partial charge on any atom is -0.493 e. The molecule has 1 atom stereocenters. The number of benzene rings is 3. The largest absolute Gasteiger partial charge is 0.493 e. The van der Waals surface area contributed by atoms with Crippen LogP contribution in [0.5, 0.6) is 5.75 Å². The summed E-state index contributed by atoms with van der Waals surface area (Å²) in [6, 6.07) is 18.8. The summed E-state index contributed by atoms with van der Waals surface area (Å²) in [5.41, 5.74) is 4.87. The highest BCUT2D eigenvalue weighted by Gasteiger charge is 2.34. The van der Waals surface area contributed by atoms with Gasteiger partial charge in [0.25, 0.3) is 0 Å². The van der Waals surface area contributed by atoms with Crippen molar-refractivity contribution in [3.63, 3.8) is 0 Å². The molecule has 1 aromatic heterocycles. The van der Waals surface area contributed by atoms with Crippen LogP contribution in [0.4, 0.5) is 13.2 Å². The number of nitrogens with one attached hydrogen (secondary N) is 1. The van der Waals surface area contributed by atoms with Crippen LogP contribution in [0.2, 0.25) is 0 Å². The monoisotopic (exact) mass is 488 g/mol. The first-order chi connectivity index (χ1) is 17.4. The number of aromatic nitrogens is 1. The van der Waals surface area contributed by atoms with Gasteiger partial charge in [-0.3, -0.25) is 4.79 Å². The Morgan fingerprint density at radius 1 is 1.03 bits per heavy atom. The summed E-state index contributed by atoms with van der Waals surface area (Å²) >= 11 is 0. The van der Waals surface area contributed by atoms with Gasteiger partial charge in [0.05, 0.1) is 18.2 Å². The van der Waals surface area contributed by atoms with Gasteiger partial charge in [-0.2, -0.15) is 13.2 Å². The number of para-hydroxylation sites is 1. The first-order valence-corrected chi connectivity index (χ1v) is 11.9. The van der Waals surface area contributed by atoms with Gasteiger partial charge in [-0.05, 0) is 65.1 Å². The first kappa shape index (κ1) is 22.5. The van der Waals surface area contributed by atoms with E-state index in [4.69, 9.17) is 4.74 Å². The molecule has 0 aliphatic carbocycles. The molecule has 0 bridgehead atoms. The lowest BCUT2D eigenvalue weighted by molar-refractivity contribution is -0.137. The van der Waals surface area contributed by atoms with Gasteiger partial charge in [-0.25, -0.2) is 0 Å². The summed E-state index contributed by atoms with van der Waals surface area (Å²) < 4.78 is 45.0. The number of hydrogen-bond acceptors (Lipinski definition) is 2. The van der Waals surface area contributed by atoms with Crippen LogP contribution >= 0.6 is 0 Å². The highest BCUT2D eigenvalue weighted by atomic mass is 19.4. The van der Waals surface area contributed by atoms with E-state index in [9.17, 15) is 18.0 Å². The lowest BCUT2D eigenvalue weighted by atomic mass is 9.91. The zero-order valence-corrected chi connectivity index (χ0v) is 19.3. The zero-order valence-electron chi connectivity index (χ0n) is 19.3. The van der Waals surface area contributed by atoms with Crippen LogP contribution in [0.25, 0.3) is 17.0 Å². The van der Waals surface area contributed by atoms with E-state index < -0.39 is 11.7 Å². The number of H-pyrrole nitrogens is 1. The fourth-order valence-corrected chi connectivity index (χ4v) is 5.28. The van der Waals surface area contributed by atoms with Gasteiger partial charge in [0.15, 0.2) is 0 Å². The molecule has 0 radical (unpaired) electrons. The Hall–Kier alpha value is -4.00. The molecular formula is C29H23F3N2O2. The third-order valence-electron chi connectivity index (χ3n) is 6.98. The second-order valence-corrected chi connectivity index (χ2v) is 9.17. The number of carbonyl (C=O) groups excluding carboxylic acids is 1. The van der Waals surface area contributed by atoms with Crippen molar-refractivity contribution in [2.24, 2.45) is 0 Å². The highest BCUT2D eigenvalue weighted by molar-refractivity contribution is 5.93. The topological polar surface area (TPSA) is 45.3 Å². The molecule has 3 heterocycles. The van der Waals surface area contributed by atoms with Gasteiger partial charge >= 0.3 is 6.18 Å². The van der Waals surface area contributed by atoms with E-state index in [2.05, 4.69) is 17.1 Å². The molecular weight excluding hydrogens is 465 g/mol. The van der Waals surface area contributed by atoms with Crippen molar-refractivity contribution >= 4 is 22.9 Å². The average molecular weight is 489 g/mol. The fourth-order valence-electron chi connectivity index (χ4n) is 5.28. The van der Waals surface area contributed by atoms with E-state index in [0.29, 0.717) is 25.1 Å². The molecule has 4 aromatic rings. The van der Waals surface area contributed by atoms with Gasteiger partial charge in [0.2, 0.25) is 5.91 Å². The van der Waals surface area contributed by atoms with Gasteiger partial charge in [0.1, 0.15) is 5.75 Å². The van der Waals surface area contributed by atoms with E-state index >= 15 is 0 Å². The molecule has 0 saturated heterocycles. The number of halogens is 3. The van der Waals surface area contributed by atoms with Gasteiger partial charge < -0.3 is 14.6 Å². The Kier molecular flexibility index (Phi) is 5.36. The van der Waals surface area contributed by atoms with E-state index in [1.807, 2.05) is 30.3 Å². The Morgan fingerprint density at radius 3 is 2.75 bits per heavy atom. The predicted octanol–water partition coefficient (Wildman–Crippen LogP) is 6.31. The summed E-state index contributed by atoms with van der Waals surface area (Å²) in [5, 5.41) is 1.15. The number of ether oxygens (including phenoxy) is 1. The number of carbonyl (C=O) groups is 1. The smallest absolute Gasteiger partial charge is 0.416 e. The number of nitrogens with zero attached hydrogens (tertiary/aromatic N) is 1. The quantitative estimate of drug-likeness (QED) is 0.344. The normalized spacial score (nSPS) is 17.3. The Labute approximate surface area is 206 Å². The Morgan fingerprint density at radius 2 is 1.89 bits per heavy atom. The molecule has 7 heteroatoms. The van der Waals surface area contributed by atoms with Crippen molar-refractivity contribution in [1.29, 1.82) is 0 Å². The van der Waals surface area contributed by atoms with Crippen LogP contribution in [-0.2, 0) is 23.8 Å². The summed E-state index contributed by atoms with van der Waals surface area (Å²) in [6.07, 6.45) is -0.112. The number of aromatic amines is 1. The Bertz CT molecular complexity index is 1500. The van der Waals surface area contributed by atoms with Crippen molar-refractivity contribution in [2.45, 2.75) is 25.1 Å². The van der Waals surface area contributed by atoms with E-state index in [-0.39, 0.29) is 11.9 Å². The van der Waals surface area contributed by atoms with Crippen molar-refractivity contribution in [3.05, 3.63) is 106 Å². The zero-order chi connectivity index (χ0) is 24.9. The van der Waals surface area contributed by atoms with Crippen LogP contribution in [-0.4, -0.2) is 28.9 Å². The molecule has 2 aliphatic rings. The summed E-state index contributed by atoms with van der Waals surface area (Å²) in [5.74, 6) is 0.618. The van der Waals surface area contributed by atoms with Gasteiger partial charge in [-0.1, -0.05) is 36.4 Å². The van der Waals surface area contributed by atoms with Crippen LogP contribution in [0.1, 0.15) is 39.6 Å². The van der Waals surface area contributed by atoms with Crippen LogP contribution in [0.15, 0.2) is 72.8 Å². The summed E-state index contributed by atoms with van der Waals surface area (Å²) in [6.45, 7) is 1.14. The maximum atomic E-state index is 13.5. The maximum absolute atomic E-state index is 13.5. The average Bonchev–Trinajstić information content (AvgIpc) is 3.50. The van der Waals surface area contributed by atoms with Crippen molar-refractivity contribution < 1.29 is 22.7 Å². The highest BCUT2D eigenvalue weighted by Crippen LogP contribution is 2.40. The lowest BCUT2D eigenvalue weighted by Crippen LogP contribution is -2.39. The molecule has 1 N–H and O–H groups in total. The Balaban J connectivity index is 1.38. The molecule has 6 rings (SSSR count). The molecule has 0 unspecified atom stereocenters. The van der Waals surface area contributed by atoms with Gasteiger partial charge in [0, 0.05) is 35.6 Å². The number of amides is 1. The molecule has 0 saturated carbocycles. The molecule has 3 aromatic carbocycles. The molecule has 4 nitrogen and oxygen atoms in total. The maximum Gasteiger partial charge on any atom is 0.416 e. The second kappa shape index (κ2) is 8.59. The van der Waals surface area contributed by atoms with Crippen molar-refractivity contribution in [3.8, 4) is 5.75 Å². The first-order valence-electron chi connectivity index (χ1n) is 11.9. The van der Waals surface area contributed by atoms with Gasteiger partial charge in [-0.15, -0.1) is 0 Å².